The summed E-state index contributed by atoms with van der Waals surface area (Å²) in [6.45, 7) is 4.76. The monoisotopic (exact) mass is 260 g/mol. The van der Waals surface area contributed by atoms with Crippen molar-refractivity contribution in [1.82, 2.24) is 9.55 Å². The third-order valence-electron chi connectivity index (χ3n) is 3.31. The van der Waals surface area contributed by atoms with E-state index in [4.69, 9.17) is 0 Å². The maximum Gasteiger partial charge on any atom is 0.162 e. The fourth-order valence-electron chi connectivity index (χ4n) is 1.96. The molecular formula is C15H17FN2O. The summed E-state index contributed by atoms with van der Waals surface area (Å²) in [6, 6.07) is 5.70. The molecule has 0 N–H and O–H groups in total. The zero-order valence-corrected chi connectivity index (χ0v) is 11.2. The van der Waals surface area contributed by atoms with Crippen molar-refractivity contribution in [3.63, 3.8) is 0 Å². The molecule has 0 atom stereocenters. The van der Waals surface area contributed by atoms with Crippen molar-refractivity contribution in [2.45, 2.75) is 33.2 Å². The summed E-state index contributed by atoms with van der Waals surface area (Å²) in [5.74, 6) is -0.268. The molecule has 0 fully saturated rings. The van der Waals surface area contributed by atoms with E-state index in [9.17, 15) is 9.18 Å². The molecular weight excluding hydrogens is 243 g/mol. The molecule has 3 nitrogen and oxygen atoms in total. The van der Waals surface area contributed by atoms with E-state index in [0.717, 1.165) is 24.4 Å². The number of benzene rings is 1. The second-order valence-electron chi connectivity index (χ2n) is 4.64. The van der Waals surface area contributed by atoms with E-state index < -0.39 is 0 Å². The van der Waals surface area contributed by atoms with Crippen molar-refractivity contribution in [2.75, 3.05) is 0 Å². The highest BCUT2D eigenvalue weighted by Gasteiger charge is 2.07. The van der Waals surface area contributed by atoms with Gasteiger partial charge in [-0.05, 0) is 44.5 Å². The number of Topliss-reactive ketones (excluding diaryl/α,β-unsaturated/α-hetero) is 1. The zero-order valence-electron chi connectivity index (χ0n) is 11.2. The zero-order chi connectivity index (χ0) is 13.8. The Balaban J connectivity index is 1.87. The summed E-state index contributed by atoms with van der Waals surface area (Å²) < 4.78 is 14.8. The van der Waals surface area contributed by atoms with Crippen LogP contribution in [0.5, 0.6) is 0 Å². The number of imidazole rings is 1. The molecule has 0 aliphatic heterocycles. The predicted molar refractivity (Wildman–Crippen MR) is 71.7 cm³/mol. The SMILES string of the molecule is Cc1ncn(CCCC(=O)c2ccc(F)cc2)c1C. The van der Waals surface area contributed by atoms with E-state index in [0.29, 0.717) is 12.0 Å². The van der Waals surface area contributed by atoms with Crippen molar-refractivity contribution in [3.05, 3.63) is 53.4 Å². The molecule has 19 heavy (non-hydrogen) atoms. The van der Waals surface area contributed by atoms with Crippen molar-refractivity contribution in [2.24, 2.45) is 0 Å². The fourth-order valence-corrected chi connectivity index (χ4v) is 1.96. The van der Waals surface area contributed by atoms with Crippen LogP contribution < -0.4 is 0 Å². The largest absolute Gasteiger partial charge is 0.335 e. The first-order chi connectivity index (χ1) is 9.08. The maximum absolute atomic E-state index is 12.7. The maximum atomic E-state index is 12.7. The van der Waals surface area contributed by atoms with Crippen molar-refractivity contribution in [3.8, 4) is 0 Å². The van der Waals surface area contributed by atoms with Gasteiger partial charge in [-0.1, -0.05) is 0 Å². The molecule has 0 spiro atoms. The van der Waals surface area contributed by atoms with Gasteiger partial charge in [0.15, 0.2) is 5.78 Å². The first-order valence-electron chi connectivity index (χ1n) is 6.35. The molecule has 1 aromatic heterocycles. The van der Waals surface area contributed by atoms with Gasteiger partial charge in [-0.3, -0.25) is 4.79 Å². The Morgan fingerprint density at radius 3 is 2.53 bits per heavy atom. The first kappa shape index (κ1) is 13.5. The Labute approximate surface area is 112 Å². The second kappa shape index (κ2) is 5.78. The van der Waals surface area contributed by atoms with Crippen LogP contribution in [0.1, 0.15) is 34.6 Å². The molecule has 0 unspecified atom stereocenters. The highest BCUT2D eigenvalue weighted by atomic mass is 19.1. The molecule has 0 amide bonds. The molecule has 4 heteroatoms. The van der Waals surface area contributed by atoms with Crippen LogP contribution in [0.4, 0.5) is 4.39 Å². The van der Waals surface area contributed by atoms with Gasteiger partial charge < -0.3 is 4.57 Å². The Hall–Kier alpha value is -1.97. The first-order valence-corrected chi connectivity index (χ1v) is 6.35. The molecule has 0 saturated heterocycles. The van der Waals surface area contributed by atoms with Gasteiger partial charge in [0.05, 0.1) is 12.0 Å². The summed E-state index contributed by atoms with van der Waals surface area (Å²) >= 11 is 0. The number of carbonyl (C=O) groups is 1. The third kappa shape index (κ3) is 3.28. The number of ketones is 1. The van der Waals surface area contributed by atoms with Crippen LogP contribution in [0.15, 0.2) is 30.6 Å². The third-order valence-corrected chi connectivity index (χ3v) is 3.31. The molecule has 1 heterocycles. The number of hydrogen-bond donors (Lipinski definition) is 0. The Morgan fingerprint density at radius 1 is 1.26 bits per heavy atom. The predicted octanol–water partition coefficient (Wildman–Crippen LogP) is 3.30. The molecule has 1 aromatic carbocycles. The van der Waals surface area contributed by atoms with E-state index in [1.807, 2.05) is 18.4 Å². The Morgan fingerprint density at radius 2 is 1.95 bits per heavy atom. The van der Waals surface area contributed by atoms with Crippen LogP contribution in [0.3, 0.4) is 0 Å². The van der Waals surface area contributed by atoms with Gasteiger partial charge >= 0.3 is 0 Å². The summed E-state index contributed by atoms with van der Waals surface area (Å²) in [5, 5.41) is 0. The minimum atomic E-state index is -0.318. The molecule has 0 aliphatic carbocycles. The van der Waals surface area contributed by atoms with Gasteiger partial charge in [-0.2, -0.15) is 0 Å². The van der Waals surface area contributed by atoms with E-state index in [1.165, 1.54) is 24.3 Å². The molecule has 0 aliphatic rings. The Bertz CT molecular complexity index is 572. The fraction of sp³-hybridized carbons (Fsp3) is 0.333. The lowest BCUT2D eigenvalue weighted by molar-refractivity contribution is 0.0978. The van der Waals surface area contributed by atoms with Crippen LogP contribution in [-0.2, 0) is 6.54 Å². The second-order valence-corrected chi connectivity index (χ2v) is 4.64. The number of nitrogens with zero attached hydrogens (tertiary/aromatic N) is 2. The average Bonchev–Trinajstić information content (AvgIpc) is 2.71. The standard InChI is InChI=1S/C15H17FN2O/c1-11-12(2)18(10-17-11)9-3-4-15(19)13-5-7-14(16)8-6-13/h5-8,10H,3-4,9H2,1-2H3. The van der Waals surface area contributed by atoms with Crippen LogP contribution in [0.25, 0.3) is 0 Å². The smallest absolute Gasteiger partial charge is 0.162 e. The highest BCUT2D eigenvalue weighted by Crippen LogP contribution is 2.10. The normalized spacial score (nSPS) is 10.7. The van der Waals surface area contributed by atoms with E-state index in [-0.39, 0.29) is 11.6 Å². The highest BCUT2D eigenvalue weighted by molar-refractivity contribution is 5.95. The molecule has 2 rings (SSSR count). The van der Waals surface area contributed by atoms with Gasteiger partial charge in [-0.15, -0.1) is 0 Å². The van der Waals surface area contributed by atoms with Gasteiger partial charge in [0.1, 0.15) is 5.82 Å². The quantitative estimate of drug-likeness (QED) is 0.773. The van der Waals surface area contributed by atoms with Crippen molar-refractivity contribution < 1.29 is 9.18 Å². The Kier molecular flexibility index (Phi) is 4.10. The van der Waals surface area contributed by atoms with Crippen LogP contribution in [0, 0.1) is 19.7 Å². The van der Waals surface area contributed by atoms with Crippen LogP contribution in [-0.4, -0.2) is 15.3 Å². The summed E-state index contributed by atoms with van der Waals surface area (Å²) in [4.78, 5) is 16.1. The lowest BCUT2D eigenvalue weighted by Crippen LogP contribution is -2.04. The van der Waals surface area contributed by atoms with Crippen LogP contribution in [0.2, 0.25) is 0 Å². The molecule has 2 aromatic rings. The minimum absolute atomic E-state index is 0.0505. The summed E-state index contributed by atoms with van der Waals surface area (Å²) in [7, 11) is 0. The van der Waals surface area contributed by atoms with Gasteiger partial charge in [0.25, 0.3) is 0 Å². The number of hydrogen-bond acceptors (Lipinski definition) is 2. The lowest BCUT2D eigenvalue weighted by atomic mass is 10.1. The van der Waals surface area contributed by atoms with Gasteiger partial charge in [0, 0.05) is 24.2 Å². The molecule has 100 valence electrons. The van der Waals surface area contributed by atoms with E-state index >= 15 is 0 Å². The molecule has 0 bridgehead atoms. The van der Waals surface area contributed by atoms with Crippen LogP contribution >= 0.6 is 0 Å². The van der Waals surface area contributed by atoms with E-state index in [1.54, 1.807) is 6.33 Å². The summed E-state index contributed by atoms with van der Waals surface area (Å²) in [5.41, 5.74) is 2.72. The van der Waals surface area contributed by atoms with Crippen molar-refractivity contribution >= 4 is 5.78 Å². The number of aryl methyl sites for hydroxylation is 2. The minimum Gasteiger partial charge on any atom is -0.335 e. The van der Waals surface area contributed by atoms with Gasteiger partial charge in [-0.25, -0.2) is 9.37 Å². The van der Waals surface area contributed by atoms with Crippen molar-refractivity contribution in [1.29, 1.82) is 0 Å². The molecule has 0 radical (unpaired) electrons. The number of carbonyl (C=O) groups excluding carboxylic acids is 1. The average molecular weight is 260 g/mol. The van der Waals surface area contributed by atoms with E-state index in [2.05, 4.69) is 4.98 Å². The van der Waals surface area contributed by atoms with Gasteiger partial charge in [0.2, 0.25) is 0 Å². The molecule has 0 saturated carbocycles. The number of rotatable bonds is 5. The lowest BCUT2D eigenvalue weighted by Gasteiger charge is -2.05. The topological polar surface area (TPSA) is 34.9 Å². The number of halogens is 1. The summed E-state index contributed by atoms with van der Waals surface area (Å²) in [6.07, 6.45) is 3.02. The number of aromatic nitrogens is 2.